The van der Waals surface area contributed by atoms with Gasteiger partial charge in [0.25, 0.3) is 0 Å². The van der Waals surface area contributed by atoms with E-state index in [0.29, 0.717) is 6.04 Å². The third-order valence-corrected chi connectivity index (χ3v) is 3.92. The summed E-state index contributed by atoms with van der Waals surface area (Å²) < 4.78 is 3.26. The van der Waals surface area contributed by atoms with Gasteiger partial charge in [0.05, 0.1) is 6.54 Å². The fourth-order valence-electron chi connectivity index (χ4n) is 2.12. The van der Waals surface area contributed by atoms with Crippen LogP contribution in [0.4, 0.5) is 0 Å². The van der Waals surface area contributed by atoms with E-state index in [1.54, 1.807) is 0 Å². The average Bonchev–Trinajstić information content (AvgIpc) is 2.56. The van der Waals surface area contributed by atoms with Crippen LogP contribution in [-0.2, 0) is 13.6 Å². The van der Waals surface area contributed by atoms with Crippen LogP contribution < -0.4 is 5.32 Å². The van der Waals surface area contributed by atoms with Crippen molar-refractivity contribution < 1.29 is 0 Å². The molecule has 0 bridgehead atoms. The van der Waals surface area contributed by atoms with E-state index in [-0.39, 0.29) is 24.0 Å². The third kappa shape index (κ3) is 4.37. The highest BCUT2D eigenvalue weighted by Crippen LogP contribution is 2.19. The number of aliphatic imine (C=N–C) groups is 1. The first-order valence-corrected chi connectivity index (χ1v) is 7.14. The van der Waals surface area contributed by atoms with Crippen LogP contribution in [0, 0.1) is 0 Å². The van der Waals surface area contributed by atoms with Gasteiger partial charge in [-0.2, -0.15) is 0 Å². The lowest BCUT2D eigenvalue weighted by molar-refractivity contribution is 0.358. The number of hydrogen-bond donors (Lipinski definition) is 1. The smallest absolute Gasteiger partial charge is 0.193 e. The highest BCUT2D eigenvalue weighted by molar-refractivity contribution is 14.0. The molecule has 0 unspecified atom stereocenters. The van der Waals surface area contributed by atoms with Crippen LogP contribution in [0.3, 0.4) is 0 Å². The molecule has 0 saturated heterocycles. The quantitative estimate of drug-likeness (QED) is 0.445. The van der Waals surface area contributed by atoms with E-state index in [9.17, 15) is 0 Å². The van der Waals surface area contributed by atoms with E-state index in [0.717, 1.165) is 17.0 Å². The Hall–Kier alpha value is -0.240. The topological polar surface area (TPSA) is 32.6 Å². The second-order valence-corrected chi connectivity index (χ2v) is 5.85. The summed E-state index contributed by atoms with van der Waals surface area (Å²) >= 11 is 3.50. The molecule has 1 aromatic rings. The van der Waals surface area contributed by atoms with Gasteiger partial charge in [-0.1, -0.05) is 0 Å². The maximum atomic E-state index is 4.35. The second kappa shape index (κ2) is 7.52. The van der Waals surface area contributed by atoms with Gasteiger partial charge < -0.3 is 14.8 Å². The molecule has 0 amide bonds. The van der Waals surface area contributed by atoms with Crippen molar-refractivity contribution in [2.24, 2.45) is 12.0 Å². The molecule has 4 nitrogen and oxygen atoms in total. The van der Waals surface area contributed by atoms with Gasteiger partial charge in [-0.05, 0) is 41.3 Å². The minimum Gasteiger partial charge on any atom is -0.354 e. The molecule has 0 radical (unpaired) electrons. The molecule has 0 aliphatic heterocycles. The summed E-state index contributed by atoms with van der Waals surface area (Å²) in [6, 6.07) is 2.76. The van der Waals surface area contributed by atoms with Crippen molar-refractivity contribution in [2.75, 3.05) is 14.1 Å². The van der Waals surface area contributed by atoms with Crippen molar-refractivity contribution >= 4 is 45.9 Å². The van der Waals surface area contributed by atoms with E-state index >= 15 is 0 Å². The summed E-state index contributed by atoms with van der Waals surface area (Å²) in [6.45, 7) is 0.856. The third-order valence-electron chi connectivity index (χ3n) is 3.49. The Balaban J connectivity index is 0.00000180. The predicted molar refractivity (Wildman–Crippen MR) is 94.1 cm³/mol. The molecule has 1 saturated carbocycles. The van der Waals surface area contributed by atoms with Crippen molar-refractivity contribution in [1.29, 1.82) is 0 Å². The molecule has 19 heavy (non-hydrogen) atoms. The van der Waals surface area contributed by atoms with Crippen LogP contribution in [0.2, 0.25) is 0 Å². The van der Waals surface area contributed by atoms with E-state index in [4.69, 9.17) is 0 Å². The molecule has 0 aromatic carbocycles. The minimum atomic E-state index is 0. The zero-order valence-corrected chi connectivity index (χ0v) is 15.6. The Morgan fingerprint density at radius 2 is 2.26 bits per heavy atom. The molecule has 1 aliphatic rings. The second-order valence-electron chi connectivity index (χ2n) is 4.94. The summed E-state index contributed by atoms with van der Waals surface area (Å²) in [6.07, 6.45) is 5.94. The monoisotopic (exact) mass is 440 g/mol. The summed E-state index contributed by atoms with van der Waals surface area (Å²) in [7, 11) is 5.99. The molecule has 6 heteroatoms. The van der Waals surface area contributed by atoms with E-state index < -0.39 is 0 Å². The molecule has 1 aliphatic carbocycles. The Morgan fingerprint density at radius 1 is 1.58 bits per heavy atom. The SMILES string of the molecule is CN=C(NC1CCC1)N(C)Cc1cc(Br)cn1C.I. The Bertz CT molecular complexity index is 440. The van der Waals surface area contributed by atoms with Crippen LogP contribution in [0.25, 0.3) is 0 Å². The molecule has 108 valence electrons. The number of nitrogens with zero attached hydrogens (tertiary/aromatic N) is 3. The highest BCUT2D eigenvalue weighted by Gasteiger charge is 2.20. The first-order valence-electron chi connectivity index (χ1n) is 6.35. The lowest BCUT2D eigenvalue weighted by Gasteiger charge is -2.31. The molecular formula is C13H22BrIN4. The number of hydrogen-bond acceptors (Lipinski definition) is 1. The molecule has 0 atom stereocenters. The molecule has 0 spiro atoms. The van der Waals surface area contributed by atoms with Gasteiger partial charge in [0.2, 0.25) is 0 Å². The molecule has 1 heterocycles. The highest BCUT2D eigenvalue weighted by atomic mass is 127. The van der Waals surface area contributed by atoms with Gasteiger partial charge in [-0.25, -0.2) is 0 Å². The first kappa shape index (κ1) is 16.8. The zero-order chi connectivity index (χ0) is 13.1. The van der Waals surface area contributed by atoms with E-state index in [2.05, 4.69) is 62.1 Å². The largest absolute Gasteiger partial charge is 0.354 e. The summed E-state index contributed by atoms with van der Waals surface area (Å²) in [4.78, 5) is 6.52. The van der Waals surface area contributed by atoms with Gasteiger partial charge in [0.15, 0.2) is 5.96 Å². The standard InChI is InChI=1S/C13H21BrN4.HI/c1-15-13(16-11-5-4-6-11)18(3)9-12-7-10(14)8-17(12)2;/h7-8,11H,4-6,9H2,1-3H3,(H,15,16);1H. The molecule has 1 fully saturated rings. The van der Waals surface area contributed by atoms with Crippen LogP contribution in [0.5, 0.6) is 0 Å². The van der Waals surface area contributed by atoms with E-state index in [1.807, 2.05) is 7.05 Å². The van der Waals surface area contributed by atoms with Gasteiger partial charge in [-0.3, -0.25) is 4.99 Å². The summed E-state index contributed by atoms with van der Waals surface area (Å²) in [5, 5.41) is 3.50. The van der Waals surface area contributed by atoms with Gasteiger partial charge in [0, 0.05) is 43.5 Å². The van der Waals surface area contributed by atoms with Crippen molar-refractivity contribution in [3.05, 3.63) is 22.4 Å². The number of rotatable bonds is 3. The number of guanidine groups is 1. The maximum Gasteiger partial charge on any atom is 0.193 e. The van der Waals surface area contributed by atoms with Crippen LogP contribution >= 0.6 is 39.9 Å². The average molecular weight is 441 g/mol. The molecule has 1 N–H and O–H groups in total. The number of nitrogens with one attached hydrogen (secondary N) is 1. The molecule has 1 aromatic heterocycles. The van der Waals surface area contributed by atoms with Crippen molar-refractivity contribution in [2.45, 2.75) is 31.8 Å². The first-order chi connectivity index (χ1) is 8.60. The fourth-order valence-corrected chi connectivity index (χ4v) is 2.69. The van der Waals surface area contributed by atoms with Crippen molar-refractivity contribution in [1.82, 2.24) is 14.8 Å². The lowest BCUT2D eigenvalue weighted by atomic mass is 9.93. The number of halogens is 2. The Kier molecular flexibility index (Phi) is 6.65. The number of aryl methyl sites for hydroxylation is 1. The maximum absolute atomic E-state index is 4.35. The summed E-state index contributed by atoms with van der Waals surface area (Å²) in [5.74, 6) is 0.983. The predicted octanol–water partition coefficient (Wildman–Crippen LogP) is 2.97. The van der Waals surface area contributed by atoms with Crippen LogP contribution in [0.15, 0.2) is 21.7 Å². The van der Waals surface area contributed by atoms with Gasteiger partial charge in [-0.15, -0.1) is 24.0 Å². The van der Waals surface area contributed by atoms with Gasteiger partial charge in [0.1, 0.15) is 0 Å². The van der Waals surface area contributed by atoms with E-state index in [1.165, 1.54) is 25.0 Å². The van der Waals surface area contributed by atoms with Crippen molar-refractivity contribution in [3.8, 4) is 0 Å². The Labute approximate surface area is 140 Å². The van der Waals surface area contributed by atoms with Crippen LogP contribution in [0.1, 0.15) is 25.0 Å². The van der Waals surface area contributed by atoms with Gasteiger partial charge >= 0.3 is 0 Å². The minimum absolute atomic E-state index is 0. The number of aromatic nitrogens is 1. The lowest BCUT2D eigenvalue weighted by Crippen LogP contribution is -2.46. The zero-order valence-electron chi connectivity index (χ0n) is 11.7. The fraction of sp³-hybridized carbons (Fsp3) is 0.615. The normalized spacial score (nSPS) is 15.7. The molecule has 2 rings (SSSR count). The Morgan fingerprint density at radius 3 is 2.68 bits per heavy atom. The molecular weight excluding hydrogens is 419 g/mol. The van der Waals surface area contributed by atoms with Crippen LogP contribution in [-0.4, -0.2) is 35.6 Å². The summed E-state index contributed by atoms with van der Waals surface area (Å²) in [5.41, 5.74) is 1.26. The van der Waals surface area contributed by atoms with Crippen molar-refractivity contribution in [3.63, 3.8) is 0 Å².